The highest BCUT2D eigenvalue weighted by Crippen LogP contribution is 2.18. The van der Waals surface area contributed by atoms with Crippen LogP contribution in [0.15, 0.2) is 72.1 Å². The topological polar surface area (TPSA) is 66.5 Å². The summed E-state index contributed by atoms with van der Waals surface area (Å²) in [5, 5.41) is 2.87. The van der Waals surface area contributed by atoms with Crippen LogP contribution in [0.2, 0.25) is 0 Å². The Morgan fingerprint density at radius 1 is 1.11 bits per heavy atom. The Morgan fingerprint density at radius 3 is 2.37 bits per heavy atom. The first kappa shape index (κ1) is 20.9. The van der Waals surface area contributed by atoms with Crippen LogP contribution in [0, 0.1) is 0 Å². The van der Waals surface area contributed by atoms with Crippen LogP contribution in [0.5, 0.6) is 0 Å². The first-order chi connectivity index (χ1) is 13.0. The smallest absolute Gasteiger partial charge is 0.251 e. The normalized spacial score (nSPS) is 11.3. The Kier molecular flexibility index (Phi) is 7.76. The fraction of sp³-hybridized carbons (Fsp3) is 0.286. The van der Waals surface area contributed by atoms with Crippen molar-refractivity contribution >= 4 is 15.9 Å². The van der Waals surface area contributed by atoms with Crippen LogP contribution in [0.4, 0.5) is 0 Å². The highest BCUT2D eigenvalue weighted by molar-refractivity contribution is 7.89. The van der Waals surface area contributed by atoms with Crippen molar-refractivity contribution in [3.05, 3.63) is 78.4 Å². The Hall–Kier alpha value is -2.44. The number of nitrogens with zero attached hydrogens (tertiary/aromatic N) is 1. The van der Waals surface area contributed by atoms with Gasteiger partial charge in [-0.3, -0.25) is 4.79 Å². The Labute approximate surface area is 161 Å². The number of sulfonamides is 1. The third-order valence-electron chi connectivity index (χ3n) is 4.10. The number of rotatable bonds is 10. The largest absolute Gasteiger partial charge is 0.352 e. The molecular weight excluding hydrogens is 360 g/mol. The fourth-order valence-electron chi connectivity index (χ4n) is 2.58. The molecule has 0 saturated carbocycles. The lowest BCUT2D eigenvalue weighted by molar-refractivity contribution is 0.0953. The van der Waals surface area contributed by atoms with E-state index in [1.807, 2.05) is 0 Å². The maximum atomic E-state index is 12.9. The van der Waals surface area contributed by atoms with E-state index in [1.165, 1.54) is 4.31 Å². The van der Waals surface area contributed by atoms with E-state index in [0.29, 0.717) is 12.1 Å². The summed E-state index contributed by atoms with van der Waals surface area (Å²) in [7, 11) is -3.62. The molecule has 0 aliphatic rings. The first-order valence-electron chi connectivity index (χ1n) is 9.02. The summed E-state index contributed by atoms with van der Waals surface area (Å²) >= 11 is 0. The van der Waals surface area contributed by atoms with Gasteiger partial charge in [0, 0.05) is 25.2 Å². The van der Waals surface area contributed by atoms with Gasteiger partial charge < -0.3 is 5.32 Å². The molecule has 0 atom stereocenters. The van der Waals surface area contributed by atoms with Crippen molar-refractivity contribution in [2.75, 3.05) is 13.1 Å². The number of hydrogen-bond donors (Lipinski definition) is 1. The molecule has 144 valence electrons. The predicted octanol–water partition coefficient (Wildman–Crippen LogP) is 3.59. The predicted molar refractivity (Wildman–Crippen MR) is 108 cm³/mol. The van der Waals surface area contributed by atoms with Gasteiger partial charge in [0.25, 0.3) is 5.91 Å². The van der Waals surface area contributed by atoms with Crippen LogP contribution < -0.4 is 5.32 Å². The molecule has 5 nitrogen and oxygen atoms in total. The van der Waals surface area contributed by atoms with E-state index in [9.17, 15) is 13.2 Å². The lowest BCUT2D eigenvalue weighted by atomic mass is 10.1. The van der Waals surface area contributed by atoms with Crippen LogP contribution in [-0.2, 0) is 16.6 Å². The van der Waals surface area contributed by atoms with E-state index >= 15 is 0 Å². The second-order valence-corrected chi connectivity index (χ2v) is 8.14. The van der Waals surface area contributed by atoms with Gasteiger partial charge in [0.2, 0.25) is 10.0 Å². The summed E-state index contributed by atoms with van der Waals surface area (Å²) in [6, 6.07) is 15.3. The van der Waals surface area contributed by atoms with Crippen LogP contribution >= 0.6 is 0 Å². The maximum absolute atomic E-state index is 12.9. The maximum Gasteiger partial charge on any atom is 0.251 e. The molecule has 0 spiro atoms. The molecule has 0 bridgehead atoms. The molecule has 27 heavy (non-hydrogen) atoms. The standard InChI is InChI=1S/C21H26N2O3S/c1-3-5-15-22-21(24)19-13-11-18(12-14-19)17-23(16-4-2)27(25,26)20-9-7-6-8-10-20/h4,6-14H,2-3,5,15-17H2,1H3,(H,22,24). The van der Waals surface area contributed by atoms with Crippen molar-refractivity contribution in [3.63, 3.8) is 0 Å². The van der Waals surface area contributed by atoms with Gasteiger partial charge >= 0.3 is 0 Å². The zero-order valence-corrected chi connectivity index (χ0v) is 16.4. The molecule has 1 N–H and O–H groups in total. The van der Waals surface area contributed by atoms with Gasteiger partial charge in [0.15, 0.2) is 0 Å². The number of carbonyl (C=O) groups excluding carboxylic acids is 1. The Morgan fingerprint density at radius 2 is 1.78 bits per heavy atom. The van der Waals surface area contributed by atoms with Gasteiger partial charge in [0.1, 0.15) is 0 Å². The number of nitrogens with one attached hydrogen (secondary N) is 1. The summed E-state index contributed by atoms with van der Waals surface area (Å²) in [6.45, 7) is 6.80. The second-order valence-electron chi connectivity index (χ2n) is 6.21. The SMILES string of the molecule is C=CCN(Cc1ccc(C(=O)NCCCC)cc1)S(=O)(=O)c1ccccc1. The molecule has 0 unspecified atom stereocenters. The van der Waals surface area contributed by atoms with Gasteiger partial charge in [-0.25, -0.2) is 8.42 Å². The third kappa shape index (κ3) is 5.77. The number of hydrogen-bond acceptors (Lipinski definition) is 3. The van der Waals surface area contributed by atoms with Crippen LogP contribution in [0.25, 0.3) is 0 Å². The van der Waals surface area contributed by atoms with E-state index in [1.54, 1.807) is 60.7 Å². The van der Waals surface area contributed by atoms with E-state index in [0.717, 1.165) is 18.4 Å². The molecule has 0 heterocycles. The fourth-order valence-corrected chi connectivity index (χ4v) is 4.00. The Bertz CT molecular complexity index is 847. The second kappa shape index (κ2) is 10.0. The van der Waals surface area contributed by atoms with Crippen molar-refractivity contribution in [2.24, 2.45) is 0 Å². The van der Waals surface area contributed by atoms with E-state index < -0.39 is 10.0 Å². The number of benzene rings is 2. The van der Waals surface area contributed by atoms with Crippen LogP contribution in [-0.4, -0.2) is 31.7 Å². The van der Waals surface area contributed by atoms with Crippen molar-refractivity contribution in [1.29, 1.82) is 0 Å². The summed E-state index contributed by atoms with van der Waals surface area (Å²) < 4.78 is 27.1. The minimum absolute atomic E-state index is 0.116. The highest BCUT2D eigenvalue weighted by Gasteiger charge is 2.23. The monoisotopic (exact) mass is 386 g/mol. The van der Waals surface area contributed by atoms with Crippen molar-refractivity contribution < 1.29 is 13.2 Å². The van der Waals surface area contributed by atoms with Gasteiger partial charge in [-0.1, -0.05) is 49.8 Å². The zero-order valence-electron chi connectivity index (χ0n) is 15.6. The summed E-state index contributed by atoms with van der Waals surface area (Å²) in [5.41, 5.74) is 1.37. The molecule has 0 saturated heterocycles. The third-order valence-corrected chi connectivity index (χ3v) is 5.93. The summed E-state index contributed by atoms with van der Waals surface area (Å²) in [5.74, 6) is -0.116. The quantitative estimate of drug-likeness (QED) is 0.501. The lowest BCUT2D eigenvalue weighted by Crippen LogP contribution is -2.31. The minimum Gasteiger partial charge on any atom is -0.352 e. The molecule has 0 aliphatic carbocycles. The van der Waals surface area contributed by atoms with E-state index in [-0.39, 0.29) is 23.9 Å². The zero-order chi connectivity index (χ0) is 19.7. The molecule has 2 aromatic carbocycles. The molecule has 6 heteroatoms. The minimum atomic E-state index is -3.62. The highest BCUT2D eigenvalue weighted by atomic mass is 32.2. The van der Waals surface area contributed by atoms with Crippen molar-refractivity contribution in [2.45, 2.75) is 31.2 Å². The molecule has 0 aromatic heterocycles. The molecule has 2 aromatic rings. The average molecular weight is 387 g/mol. The summed E-state index contributed by atoms with van der Waals surface area (Å²) in [6.07, 6.45) is 3.53. The van der Waals surface area contributed by atoms with Crippen molar-refractivity contribution in [1.82, 2.24) is 9.62 Å². The van der Waals surface area contributed by atoms with Crippen molar-refractivity contribution in [3.8, 4) is 0 Å². The molecular formula is C21H26N2O3S. The van der Waals surface area contributed by atoms with Crippen LogP contribution in [0.3, 0.4) is 0 Å². The van der Waals surface area contributed by atoms with Gasteiger partial charge in [-0.2, -0.15) is 4.31 Å². The molecule has 1 amide bonds. The molecule has 2 rings (SSSR count). The number of amides is 1. The number of carbonyl (C=O) groups is 1. The average Bonchev–Trinajstić information content (AvgIpc) is 2.69. The lowest BCUT2D eigenvalue weighted by Gasteiger charge is -2.21. The van der Waals surface area contributed by atoms with Gasteiger partial charge in [0.05, 0.1) is 4.90 Å². The number of unbranched alkanes of at least 4 members (excludes halogenated alkanes) is 1. The summed E-state index contributed by atoms with van der Waals surface area (Å²) in [4.78, 5) is 12.3. The van der Waals surface area contributed by atoms with Gasteiger partial charge in [-0.05, 0) is 36.2 Å². The van der Waals surface area contributed by atoms with Crippen LogP contribution in [0.1, 0.15) is 35.7 Å². The molecule has 0 radical (unpaired) electrons. The Balaban J connectivity index is 2.12. The molecule has 0 fully saturated rings. The first-order valence-corrected chi connectivity index (χ1v) is 10.5. The van der Waals surface area contributed by atoms with E-state index in [2.05, 4.69) is 18.8 Å². The molecule has 0 aliphatic heterocycles. The van der Waals surface area contributed by atoms with E-state index in [4.69, 9.17) is 0 Å². The van der Waals surface area contributed by atoms with Gasteiger partial charge in [-0.15, -0.1) is 6.58 Å².